The van der Waals surface area contributed by atoms with Crippen molar-refractivity contribution in [1.29, 1.82) is 0 Å². The Morgan fingerprint density at radius 3 is 2.08 bits per heavy atom. The van der Waals surface area contributed by atoms with Crippen LogP contribution in [0.15, 0.2) is 12.1 Å². The van der Waals surface area contributed by atoms with E-state index in [1.807, 2.05) is 19.9 Å². The number of hydrogen-bond donors (Lipinski definition) is 2. The second kappa shape index (κ2) is 4.28. The van der Waals surface area contributed by atoms with Gasteiger partial charge in [0.2, 0.25) is 0 Å². The molecule has 13 heavy (non-hydrogen) atoms. The van der Waals surface area contributed by atoms with E-state index in [4.69, 9.17) is 5.11 Å². The van der Waals surface area contributed by atoms with Crippen LogP contribution in [-0.2, 0) is 19.4 Å². The van der Waals surface area contributed by atoms with Crippen molar-refractivity contribution >= 4 is 0 Å². The van der Waals surface area contributed by atoms with Crippen LogP contribution in [0.4, 0.5) is 0 Å². The summed E-state index contributed by atoms with van der Waals surface area (Å²) in [7, 11) is 0. The molecule has 72 valence electrons. The molecule has 0 saturated carbocycles. The predicted molar refractivity (Wildman–Crippen MR) is 52.8 cm³/mol. The Morgan fingerprint density at radius 2 is 1.62 bits per heavy atom. The summed E-state index contributed by atoms with van der Waals surface area (Å²) in [4.78, 5) is 0. The second-order valence-electron chi connectivity index (χ2n) is 3.11. The van der Waals surface area contributed by atoms with Crippen molar-refractivity contribution in [3.63, 3.8) is 0 Å². The van der Waals surface area contributed by atoms with E-state index >= 15 is 0 Å². The zero-order valence-electron chi connectivity index (χ0n) is 8.17. The average Bonchev–Trinajstić information content (AvgIpc) is 2.17. The Kier molecular flexibility index (Phi) is 3.32. The van der Waals surface area contributed by atoms with E-state index in [1.54, 1.807) is 6.07 Å². The molecule has 0 amide bonds. The number of benzene rings is 1. The number of phenols is 1. The first-order valence-corrected chi connectivity index (χ1v) is 4.67. The molecule has 0 saturated heterocycles. The number of aliphatic hydroxyl groups excluding tert-OH is 1. The highest BCUT2D eigenvalue weighted by Crippen LogP contribution is 2.23. The van der Waals surface area contributed by atoms with Gasteiger partial charge in [-0.25, -0.2) is 0 Å². The summed E-state index contributed by atoms with van der Waals surface area (Å²) in [5.41, 5.74) is 2.86. The number of phenolic OH excluding ortho intramolecular Hbond substituents is 1. The van der Waals surface area contributed by atoms with Gasteiger partial charge in [0.25, 0.3) is 0 Å². The maximum Gasteiger partial charge on any atom is 0.119 e. The van der Waals surface area contributed by atoms with Crippen molar-refractivity contribution in [1.82, 2.24) is 0 Å². The van der Waals surface area contributed by atoms with Crippen molar-refractivity contribution in [2.75, 3.05) is 0 Å². The molecule has 2 nitrogen and oxygen atoms in total. The minimum atomic E-state index is 0.0520. The number of rotatable bonds is 3. The lowest BCUT2D eigenvalue weighted by molar-refractivity contribution is 0.280. The monoisotopic (exact) mass is 180 g/mol. The van der Waals surface area contributed by atoms with Crippen LogP contribution in [0.3, 0.4) is 0 Å². The van der Waals surface area contributed by atoms with E-state index in [0.29, 0.717) is 5.75 Å². The van der Waals surface area contributed by atoms with Gasteiger partial charge >= 0.3 is 0 Å². The molecule has 0 radical (unpaired) electrons. The maximum absolute atomic E-state index is 9.56. The first-order valence-electron chi connectivity index (χ1n) is 4.67. The van der Waals surface area contributed by atoms with Gasteiger partial charge in [0.15, 0.2) is 0 Å². The fourth-order valence-electron chi connectivity index (χ4n) is 1.49. The van der Waals surface area contributed by atoms with Gasteiger partial charge in [-0.2, -0.15) is 0 Å². The minimum Gasteiger partial charge on any atom is -0.508 e. The third-order valence-corrected chi connectivity index (χ3v) is 2.33. The molecule has 2 heteroatoms. The molecule has 0 atom stereocenters. The molecule has 1 aromatic carbocycles. The van der Waals surface area contributed by atoms with E-state index in [0.717, 1.165) is 29.5 Å². The Bertz CT molecular complexity index is 292. The van der Waals surface area contributed by atoms with Gasteiger partial charge in [0.1, 0.15) is 5.75 Å². The smallest absolute Gasteiger partial charge is 0.119 e. The molecule has 1 rings (SSSR count). The van der Waals surface area contributed by atoms with Crippen LogP contribution in [0.25, 0.3) is 0 Å². The van der Waals surface area contributed by atoms with Crippen LogP contribution in [0.2, 0.25) is 0 Å². The van der Waals surface area contributed by atoms with Crippen LogP contribution in [0.1, 0.15) is 30.5 Å². The maximum atomic E-state index is 9.56. The molecule has 2 N–H and O–H groups in total. The van der Waals surface area contributed by atoms with Gasteiger partial charge < -0.3 is 10.2 Å². The lowest BCUT2D eigenvalue weighted by Gasteiger charge is -2.09. The lowest BCUT2D eigenvalue weighted by atomic mass is 10.0. The van der Waals surface area contributed by atoms with Gasteiger partial charge in [-0.05, 0) is 41.7 Å². The zero-order valence-corrected chi connectivity index (χ0v) is 8.17. The molecular formula is C11H16O2. The van der Waals surface area contributed by atoms with Crippen LogP contribution in [-0.4, -0.2) is 10.2 Å². The van der Waals surface area contributed by atoms with Crippen molar-refractivity contribution in [3.05, 3.63) is 28.8 Å². The normalized spacial score (nSPS) is 10.4. The summed E-state index contributed by atoms with van der Waals surface area (Å²) in [6, 6.07) is 3.64. The topological polar surface area (TPSA) is 40.5 Å². The quantitative estimate of drug-likeness (QED) is 0.747. The number of aromatic hydroxyl groups is 1. The van der Waals surface area contributed by atoms with E-state index in [2.05, 4.69) is 0 Å². The summed E-state index contributed by atoms with van der Waals surface area (Å²) in [6.07, 6.45) is 1.64. The third-order valence-electron chi connectivity index (χ3n) is 2.33. The molecule has 0 aliphatic rings. The molecule has 0 fully saturated rings. The standard InChI is InChI=1S/C11H16O2/c1-3-8-6-11(13)9(4-2)5-10(8)7-12/h5-6,12-13H,3-4,7H2,1-2H3. The van der Waals surface area contributed by atoms with E-state index in [1.165, 1.54) is 0 Å². The van der Waals surface area contributed by atoms with E-state index in [9.17, 15) is 5.11 Å². The van der Waals surface area contributed by atoms with Crippen LogP contribution < -0.4 is 0 Å². The van der Waals surface area contributed by atoms with Crippen molar-refractivity contribution in [3.8, 4) is 5.75 Å². The average molecular weight is 180 g/mol. The summed E-state index contributed by atoms with van der Waals surface area (Å²) >= 11 is 0. The Labute approximate surface area is 78.8 Å². The molecular weight excluding hydrogens is 164 g/mol. The van der Waals surface area contributed by atoms with Gasteiger partial charge in [-0.1, -0.05) is 13.8 Å². The Hall–Kier alpha value is -1.02. The molecule has 0 spiro atoms. The highest BCUT2D eigenvalue weighted by atomic mass is 16.3. The lowest BCUT2D eigenvalue weighted by Crippen LogP contribution is -1.95. The number of hydrogen-bond acceptors (Lipinski definition) is 2. The van der Waals surface area contributed by atoms with Crippen LogP contribution >= 0.6 is 0 Å². The van der Waals surface area contributed by atoms with E-state index < -0.39 is 0 Å². The second-order valence-corrected chi connectivity index (χ2v) is 3.11. The number of aryl methyl sites for hydroxylation is 2. The minimum absolute atomic E-state index is 0.0520. The van der Waals surface area contributed by atoms with Gasteiger partial charge in [0.05, 0.1) is 6.61 Å². The fourth-order valence-corrected chi connectivity index (χ4v) is 1.49. The van der Waals surface area contributed by atoms with Gasteiger partial charge in [-0.15, -0.1) is 0 Å². The first kappa shape index (κ1) is 10.1. The molecule has 0 bridgehead atoms. The van der Waals surface area contributed by atoms with Gasteiger partial charge in [-0.3, -0.25) is 0 Å². The molecule has 0 aromatic heterocycles. The number of aliphatic hydroxyl groups is 1. The van der Waals surface area contributed by atoms with Crippen molar-refractivity contribution < 1.29 is 10.2 Å². The fraction of sp³-hybridized carbons (Fsp3) is 0.455. The Morgan fingerprint density at radius 1 is 1.00 bits per heavy atom. The summed E-state index contributed by atoms with van der Waals surface area (Å²) < 4.78 is 0. The summed E-state index contributed by atoms with van der Waals surface area (Å²) in [5.74, 6) is 0.344. The van der Waals surface area contributed by atoms with Crippen molar-refractivity contribution in [2.24, 2.45) is 0 Å². The molecule has 1 aromatic rings. The summed E-state index contributed by atoms with van der Waals surface area (Å²) in [6.45, 7) is 4.05. The summed E-state index contributed by atoms with van der Waals surface area (Å²) in [5, 5.41) is 18.6. The molecule has 0 heterocycles. The predicted octanol–water partition coefficient (Wildman–Crippen LogP) is 2.01. The van der Waals surface area contributed by atoms with Crippen LogP contribution in [0.5, 0.6) is 5.75 Å². The molecule has 0 aliphatic carbocycles. The SMILES string of the molecule is CCc1cc(CO)c(CC)cc1O. The zero-order chi connectivity index (χ0) is 9.84. The van der Waals surface area contributed by atoms with Crippen LogP contribution in [0, 0.1) is 0 Å². The highest BCUT2D eigenvalue weighted by Gasteiger charge is 2.05. The highest BCUT2D eigenvalue weighted by molar-refractivity contribution is 5.41. The Balaban J connectivity index is 3.18. The van der Waals surface area contributed by atoms with Gasteiger partial charge in [0, 0.05) is 0 Å². The largest absolute Gasteiger partial charge is 0.508 e. The molecule has 0 aliphatic heterocycles. The molecule has 0 unspecified atom stereocenters. The van der Waals surface area contributed by atoms with Crippen molar-refractivity contribution in [2.45, 2.75) is 33.3 Å². The third kappa shape index (κ3) is 2.01. The van der Waals surface area contributed by atoms with E-state index in [-0.39, 0.29) is 6.61 Å². The first-order chi connectivity index (χ1) is 6.22.